The summed E-state index contributed by atoms with van der Waals surface area (Å²) in [6.45, 7) is 0. The van der Waals surface area contributed by atoms with Crippen molar-refractivity contribution in [1.82, 2.24) is 9.78 Å². The van der Waals surface area contributed by atoms with Gasteiger partial charge in [0.1, 0.15) is 0 Å². The summed E-state index contributed by atoms with van der Waals surface area (Å²) in [5.74, 6) is -0.732. The Labute approximate surface area is 116 Å². The lowest BCUT2D eigenvalue weighted by molar-refractivity contribution is -0.143. The van der Waals surface area contributed by atoms with Gasteiger partial charge in [-0.3, -0.25) is 9.48 Å². The number of aromatic nitrogens is 2. The van der Waals surface area contributed by atoms with Crippen LogP contribution in [0.5, 0.6) is 0 Å². The van der Waals surface area contributed by atoms with E-state index in [1.807, 2.05) is 25.2 Å². The number of carboxylic acid groups (broad SMARTS) is 1. The molecular formula is C14H15ClN2O2. The third-order valence-corrected chi connectivity index (χ3v) is 4.50. The molecule has 0 bridgehead atoms. The Bertz CT molecular complexity index is 657. The molecule has 19 heavy (non-hydrogen) atoms. The lowest BCUT2D eigenvalue weighted by Crippen LogP contribution is -2.32. The number of halogens is 1. The highest BCUT2D eigenvalue weighted by atomic mass is 35.5. The highest BCUT2D eigenvalue weighted by molar-refractivity contribution is 6.34. The first-order valence-electron chi connectivity index (χ1n) is 6.41. The molecule has 1 N–H and O–H groups in total. The van der Waals surface area contributed by atoms with Gasteiger partial charge in [0, 0.05) is 12.4 Å². The van der Waals surface area contributed by atoms with Crippen LogP contribution in [0.3, 0.4) is 0 Å². The van der Waals surface area contributed by atoms with Gasteiger partial charge in [-0.2, -0.15) is 5.10 Å². The van der Waals surface area contributed by atoms with Crippen molar-refractivity contribution in [2.45, 2.75) is 31.1 Å². The van der Waals surface area contributed by atoms with Crippen LogP contribution in [0, 0.1) is 0 Å². The summed E-state index contributed by atoms with van der Waals surface area (Å²) in [5.41, 5.74) is 1.03. The standard InChI is InChI=1S/C14H15ClN2O2/c1-17-11-5-4-9(8-10(11)12(15)16-17)14(13(18)19)6-2-3-7-14/h4-5,8H,2-3,6-7H2,1H3,(H,18,19). The molecule has 0 unspecified atom stereocenters. The fourth-order valence-corrected chi connectivity index (χ4v) is 3.39. The maximum atomic E-state index is 11.7. The molecule has 0 spiro atoms. The Kier molecular flexibility index (Phi) is 2.78. The first-order chi connectivity index (χ1) is 9.04. The molecule has 1 aromatic carbocycles. The number of nitrogens with zero attached hydrogens (tertiary/aromatic N) is 2. The number of carboxylic acids is 1. The molecule has 2 aromatic rings. The van der Waals surface area contributed by atoms with E-state index in [0.717, 1.165) is 29.3 Å². The molecule has 0 radical (unpaired) electrons. The van der Waals surface area contributed by atoms with Crippen LogP contribution < -0.4 is 0 Å². The molecule has 1 aliphatic carbocycles. The maximum Gasteiger partial charge on any atom is 0.314 e. The van der Waals surface area contributed by atoms with Crippen LogP contribution in [0.15, 0.2) is 18.2 Å². The largest absolute Gasteiger partial charge is 0.481 e. The van der Waals surface area contributed by atoms with Crippen molar-refractivity contribution in [1.29, 1.82) is 0 Å². The molecule has 0 atom stereocenters. The molecule has 5 heteroatoms. The Hall–Kier alpha value is -1.55. The minimum atomic E-state index is -0.743. The molecule has 4 nitrogen and oxygen atoms in total. The van der Waals surface area contributed by atoms with E-state index in [0.29, 0.717) is 18.0 Å². The molecule has 1 heterocycles. The van der Waals surface area contributed by atoms with Crippen molar-refractivity contribution in [3.05, 3.63) is 28.9 Å². The van der Waals surface area contributed by atoms with E-state index in [9.17, 15) is 9.90 Å². The molecule has 100 valence electrons. The highest BCUT2D eigenvalue weighted by Crippen LogP contribution is 2.42. The maximum absolute atomic E-state index is 11.7. The van der Waals surface area contributed by atoms with Gasteiger partial charge in [-0.25, -0.2) is 0 Å². The molecule has 0 aliphatic heterocycles. The zero-order chi connectivity index (χ0) is 13.6. The van der Waals surface area contributed by atoms with E-state index >= 15 is 0 Å². The van der Waals surface area contributed by atoms with E-state index in [1.54, 1.807) is 4.68 Å². The third-order valence-electron chi connectivity index (χ3n) is 4.22. The summed E-state index contributed by atoms with van der Waals surface area (Å²) >= 11 is 6.10. The molecule has 1 fully saturated rings. The van der Waals surface area contributed by atoms with Crippen molar-refractivity contribution >= 4 is 28.5 Å². The SMILES string of the molecule is Cn1nc(Cl)c2cc(C3(C(=O)O)CCCC3)ccc21. The predicted octanol–water partition coefficient (Wildman–Crippen LogP) is 3.12. The number of benzene rings is 1. The van der Waals surface area contributed by atoms with Gasteiger partial charge < -0.3 is 5.11 Å². The normalized spacial score (nSPS) is 18.0. The van der Waals surface area contributed by atoms with E-state index in [2.05, 4.69) is 5.10 Å². The average molecular weight is 279 g/mol. The lowest BCUT2D eigenvalue weighted by Gasteiger charge is -2.24. The average Bonchev–Trinajstić information content (AvgIpc) is 2.97. The summed E-state index contributed by atoms with van der Waals surface area (Å²) in [6.07, 6.45) is 3.33. The Balaban J connectivity index is 2.20. The van der Waals surface area contributed by atoms with Crippen molar-refractivity contribution in [3.63, 3.8) is 0 Å². The van der Waals surface area contributed by atoms with Gasteiger partial charge in [0.15, 0.2) is 5.15 Å². The Morgan fingerprint density at radius 3 is 2.74 bits per heavy atom. The summed E-state index contributed by atoms with van der Waals surface area (Å²) in [4.78, 5) is 11.7. The summed E-state index contributed by atoms with van der Waals surface area (Å²) < 4.78 is 1.71. The summed E-state index contributed by atoms with van der Waals surface area (Å²) in [6, 6.07) is 5.70. The lowest BCUT2D eigenvalue weighted by atomic mass is 9.78. The van der Waals surface area contributed by atoms with E-state index in [1.165, 1.54) is 0 Å². The third kappa shape index (κ3) is 1.74. The number of hydrogen-bond acceptors (Lipinski definition) is 2. The Morgan fingerprint density at radius 2 is 2.11 bits per heavy atom. The summed E-state index contributed by atoms with van der Waals surface area (Å²) in [7, 11) is 1.83. The molecule has 0 amide bonds. The minimum Gasteiger partial charge on any atom is -0.481 e. The van der Waals surface area contributed by atoms with Gasteiger partial charge in [0.25, 0.3) is 0 Å². The number of hydrogen-bond donors (Lipinski definition) is 1. The van der Waals surface area contributed by atoms with Crippen molar-refractivity contribution in [2.75, 3.05) is 0 Å². The second kappa shape index (κ2) is 4.23. The number of aryl methyl sites for hydroxylation is 1. The van der Waals surface area contributed by atoms with Gasteiger partial charge >= 0.3 is 5.97 Å². The Morgan fingerprint density at radius 1 is 1.42 bits per heavy atom. The van der Waals surface area contributed by atoms with Crippen LogP contribution in [-0.4, -0.2) is 20.9 Å². The summed E-state index contributed by atoms with van der Waals surface area (Å²) in [5, 5.41) is 15.0. The molecule has 1 aromatic heterocycles. The fraction of sp³-hybridized carbons (Fsp3) is 0.429. The van der Waals surface area contributed by atoms with Gasteiger partial charge in [0.05, 0.1) is 10.9 Å². The van der Waals surface area contributed by atoms with Gasteiger partial charge in [-0.05, 0) is 30.5 Å². The van der Waals surface area contributed by atoms with E-state index in [-0.39, 0.29) is 0 Å². The van der Waals surface area contributed by atoms with Crippen molar-refractivity contribution in [3.8, 4) is 0 Å². The van der Waals surface area contributed by atoms with Crippen LogP contribution in [0.25, 0.3) is 10.9 Å². The number of rotatable bonds is 2. The van der Waals surface area contributed by atoms with Gasteiger partial charge in [-0.15, -0.1) is 0 Å². The predicted molar refractivity (Wildman–Crippen MR) is 73.5 cm³/mol. The molecular weight excluding hydrogens is 264 g/mol. The van der Waals surface area contributed by atoms with Gasteiger partial charge in [0.2, 0.25) is 0 Å². The highest BCUT2D eigenvalue weighted by Gasteiger charge is 2.43. The quantitative estimate of drug-likeness (QED) is 0.918. The minimum absolute atomic E-state index is 0.429. The fourth-order valence-electron chi connectivity index (χ4n) is 3.13. The topological polar surface area (TPSA) is 55.1 Å². The van der Waals surface area contributed by atoms with Crippen LogP contribution in [0.1, 0.15) is 31.2 Å². The second-order valence-corrected chi connectivity index (χ2v) is 5.60. The second-order valence-electron chi connectivity index (χ2n) is 5.24. The zero-order valence-corrected chi connectivity index (χ0v) is 11.4. The first-order valence-corrected chi connectivity index (χ1v) is 6.78. The monoisotopic (exact) mass is 278 g/mol. The first kappa shape index (κ1) is 12.5. The van der Waals surface area contributed by atoms with E-state index in [4.69, 9.17) is 11.6 Å². The number of carbonyl (C=O) groups is 1. The van der Waals surface area contributed by atoms with Gasteiger partial charge in [-0.1, -0.05) is 30.5 Å². The number of fused-ring (bicyclic) bond motifs is 1. The van der Waals surface area contributed by atoms with Crippen LogP contribution >= 0.6 is 11.6 Å². The van der Waals surface area contributed by atoms with Crippen molar-refractivity contribution < 1.29 is 9.90 Å². The molecule has 0 saturated heterocycles. The van der Waals surface area contributed by atoms with Crippen molar-refractivity contribution in [2.24, 2.45) is 7.05 Å². The zero-order valence-electron chi connectivity index (χ0n) is 10.7. The molecule has 1 aliphatic rings. The van der Waals surface area contributed by atoms with E-state index < -0.39 is 11.4 Å². The van der Waals surface area contributed by atoms with Crippen LogP contribution in [-0.2, 0) is 17.3 Å². The van der Waals surface area contributed by atoms with Crippen LogP contribution in [0.2, 0.25) is 5.15 Å². The number of aliphatic carboxylic acids is 1. The molecule has 1 saturated carbocycles. The smallest absolute Gasteiger partial charge is 0.314 e. The van der Waals surface area contributed by atoms with Crippen LogP contribution in [0.4, 0.5) is 0 Å². The molecule has 3 rings (SSSR count).